The van der Waals surface area contributed by atoms with Crippen LogP contribution in [0.5, 0.6) is 0 Å². The largest absolute Gasteiger partial charge is 0.394 e. The molecule has 0 spiro atoms. The first-order valence-electron chi connectivity index (χ1n) is 8.96. The third-order valence-corrected chi connectivity index (χ3v) is 4.86. The van der Waals surface area contributed by atoms with Crippen molar-refractivity contribution in [2.45, 2.75) is 32.4 Å². The van der Waals surface area contributed by atoms with Gasteiger partial charge in [0.25, 0.3) is 0 Å². The van der Waals surface area contributed by atoms with Gasteiger partial charge in [0, 0.05) is 18.7 Å². The van der Waals surface area contributed by atoms with Crippen molar-refractivity contribution in [3.05, 3.63) is 35.4 Å². The number of aromatic amines is 1. The van der Waals surface area contributed by atoms with Gasteiger partial charge in [-0.15, -0.1) is 5.10 Å². The molecule has 0 radical (unpaired) electrons. The second kappa shape index (κ2) is 7.28. The number of carbonyl (C=O) groups is 1. The molecule has 3 heterocycles. The molecule has 0 bridgehead atoms. The maximum Gasteiger partial charge on any atom is 0.229 e. The summed E-state index contributed by atoms with van der Waals surface area (Å²) in [6.07, 6.45) is 1.89. The van der Waals surface area contributed by atoms with Crippen molar-refractivity contribution >= 4 is 28.7 Å². The van der Waals surface area contributed by atoms with Gasteiger partial charge in [-0.05, 0) is 25.3 Å². The van der Waals surface area contributed by atoms with Crippen LogP contribution in [0.3, 0.4) is 0 Å². The first kappa shape index (κ1) is 17.3. The van der Waals surface area contributed by atoms with Crippen molar-refractivity contribution < 1.29 is 9.90 Å². The SMILES string of the molecule is CC(=O)c1ccccc1CNc1nc(N2CCCC2CO)nc2n[nH]nc12. The molecule has 0 aliphatic carbocycles. The minimum absolute atomic E-state index is 0.0145. The molecule has 1 atom stereocenters. The van der Waals surface area contributed by atoms with Gasteiger partial charge < -0.3 is 15.3 Å². The highest BCUT2D eigenvalue weighted by Crippen LogP contribution is 2.26. The number of nitrogens with one attached hydrogen (secondary N) is 2. The highest BCUT2D eigenvalue weighted by Gasteiger charge is 2.27. The Labute approximate surface area is 155 Å². The first-order valence-corrected chi connectivity index (χ1v) is 8.96. The Bertz CT molecular complexity index is 971. The Morgan fingerprint density at radius 3 is 3.00 bits per heavy atom. The van der Waals surface area contributed by atoms with Gasteiger partial charge in [0.2, 0.25) is 11.6 Å². The molecule has 2 aromatic heterocycles. The van der Waals surface area contributed by atoms with Gasteiger partial charge in [-0.25, -0.2) is 0 Å². The van der Waals surface area contributed by atoms with Crippen molar-refractivity contribution in [1.29, 1.82) is 0 Å². The smallest absolute Gasteiger partial charge is 0.229 e. The minimum atomic E-state index is 0.0145. The normalized spacial score (nSPS) is 16.8. The Morgan fingerprint density at radius 2 is 2.19 bits per heavy atom. The highest BCUT2D eigenvalue weighted by atomic mass is 16.3. The van der Waals surface area contributed by atoms with Crippen LogP contribution < -0.4 is 10.2 Å². The monoisotopic (exact) mass is 367 g/mol. The van der Waals surface area contributed by atoms with E-state index in [9.17, 15) is 9.90 Å². The molecule has 140 valence electrons. The van der Waals surface area contributed by atoms with Crippen LogP contribution in [0.4, 0.5) is 11.8 Å². The lowest BCUT2D eigenvalue weighted by Crippen LogP contribution is -2.33. The predicted molar refractivity (Wildman–Crippen MR) is 101 cm³/mol. The number of rotatable bonds is 6. The van der Waals surface area contributed by atoms with Crippen LogP contribution in [0.2, 0.25) is 0 Å². The van der Waals surface area contributed by atoms with E-state index in [0.717, 1.165) is 24.9 Å². The molecule has 9 nitrogen and oxygen atoms in total. The van der Waals surface area contributed by atoms with Gasteiger partial charge in [0.1, 0.15) is 0 Å². The summed E-state index contributed by atoms with van der Waals surface area (Å²) in [5.41, 5.74) is 2.57. The van der Waals surface area contributed by atoms with Crippen LogP contribution in [0.15, 0.2) is 24.3 Å². The zero-order valence-corrected chi connectivity index (χ0v) is 15.0. The van der Waals surface area contributed by atoms with Crippen LogP contribution in [0, 0.1) is 0 Å². The number of fused-ring (bicyclic) bond motifs is 1. The lowest BCUT2D eigenvalue weighted by molar-refractivity contribution is 0.101. The summed E-state index contributed by atoms with van der Waals surface area (Å²) >= 11 is 0. The predicted octanol–water partition coefficient (Wildman–Crippen LogP) is 1.52. The van der Waals surface area contributed by atoms with Crippen LogP contribution in [0.1, 0.15) is 35.7 Å². The van der Waals surface area contributed by atoms with E-state index in [2.05, 4.69) is 30.7 Å². The molecule has 9 heteroatoms. The summed E-state index contributed by atoms with van der Waals surface area (Å²) in [5.74, 6) is 1.09. The molecule has 0 saturated carbocycles. The molecule has 1 aliphatic rings. The number of ketones is 1. The van der Waals surface area contributed by atoms with Gasteiger partial charge in [0.15, 0.2) is 17.1 Å². The summed E-state index contributed by atoms with van der Waals surface area (Å²) in [6, 6.07) is 7.49. The standard InChI is InChI=1S/C18H21N7O2/c1-11(27)14-7-3-2-5-12(14)9-19-16-15-17(23-24-22-15)21-18(20-16)25-8-4-6-13(25)10-26/h2-3,5,7,13,26H,4,6,8-10H2,1H3,(H2,19,20,21,22,23,24). The van der Waals surface area contributed by atoms with E-state index < -0.39 is 0 Å². The van der Waals surface area contributed by atoms with E-state index in [1.54, 1.807) is 6.92 Å². The number of hydrogen-bond donors (Lipinski definition) is 3. The topological polar surface area (TPSA) is 120 Å². The second-order valence-electron chi connectivity index (χ2n) is 6.61. The molecule has 1 unspecified atom stereocenters. The van der Waals surface area contributed by atoms with E-state index in [1.165, 1.54) is 0 Å². The minimum Gasteiger partial charge on any atom is -0.394 e. The van der Waals surface area contributed by atoms with E-state index in [1.807, 2.05) is 29.2 Å². The molecular weight excluding hydrogens is 346 g/mol. The quantitative estimate of drug-likeness (QED) is 0.561. The average molecular weight is 367 g/mol. The maximum absolute atomic E-state index is 11.8. The summed E-state index contributed by atoms with van der Waals surface area (Å²) in [7, 11) is 0. The fourth-order valence-corrected chi connectivity index (χ4v) is 3.47. The molecule has 0 amide bonds. The van der Waals surface area contributed by atoms with E-state index in [4.69, 9.17) is 0 Å². The highest BCUT2D eigenvalue weighted by molar-refractivity contribution is 5.95. The average Bonchev–Trinajstić information content (AvgIpc) is 3.34. The number of anilines is 2. The Morgan fingerprint density at radius 1 is 1.33 bits per heavy atom. The van der Waals surface area contributed by atoms with Gasteiger partial charge in [-0.2, -0.15) is 20.3 Å². The molecule has 3 aromatic rings. The number of carbonyl (C=O) groups excluding carboxylic acids is 1. The second-order valence-corrected chi connectivity index (χ2v) is 6.61. The molecule has 1 saturated heterocycles. The lowest BCUT2D eigenvalue weighted by atomic mass is 10.0. The number of nitrogens with zero attached hydrogens (tertiary/aromatic N) is 5. The van der Waals surface area contributed by atoms with E-state index in [0.29, 0.717) is 35.0 Å². The molecular formula is C18H21N7O2. The summed E-state index contributed by atoms with van der Waals surface area (Å²) in [4.78, 5) is 22.9. The van der Waals surface area contributed by atoms with Gasteiger partial charge in [-0.1, -0.05) is 24.3 Å². The fourth-order valence-electron chi connectivity index (χ4n) is 3.47. The van der Waals surface area contributed by atoms with Crippen molar-refractivity contribution in [3.63, 3.8) is 0 Å². The zero-order chi connectivity index (χ0) is 18.8. The maximum atomic E-state index is 11.8. The first-order chi connectivity index (χ1) is 13.2. The van der Waals surface area contributed by atoms with Crippen molar-refractivity contribution in [2.75, 3.05) is 23.4 Å². The van der Waals surface area contributed by atoms with Crippen LogP contribution >= 0.6 is 0 Å². The molecule has 3 N–H and O–H groups in total. The number of H-pyrrole nitrogens is 1. The number of Topliss-reactive ketones (excluding diaryl/α,β-unsaturated/α-hetero) is 1. The van der Waals surface area contributed by atoms with Crippen molar-refractivity contribution in [1.82, 2.24) is 25.4 Å². The fraction of sp³-hybridized carbons (Fsp3) is 0.389. The van der Waals surface area contributed by atoms with Gasteiger partial charge in [-0.3, -0.25) is 4.79 Å². The number of aliphatic hydroxyl groups is 1. The van der Waals surface area contributed by atoms with Crippen LogP contribution in [0.25, 0.3) is 11.2 Å². The van der Waals surface area contributed by atoms with Gasteiger partial charge >= 0.3 is 0 Å². The number of hydrogen-bond acceptors (Lipinski definition) is 8. The summed E-state index contributed by atoms with van der Waals surface area (Å²) < 4.78 is 0. The van der Waals surface area contributed by atoms with Crippen molar-refractivity contribution in [3.8, 4) is 0 Å². The Kier molecular flexibility index (Phi) is 4.68. The number of benzene rings is 1. The lowest BCUT2D eigenvalue weighted by Gasteiger charge is -2.23. The molecule has 1 fully saturated rings. The number of aromatic nitrogens is 5. The van der Waals surface area contributed by atoms with Crippen LogP contribution in [-0.4, -0.2) is 55.5 Å². The molecule has 4 rings (SSSR count). The van der Waals surface area contributed by atoms with E-state index >= 15 is 0 Å². The number of aliphatic hydroxyl groups excluding tert-OH is 1. The third-order valence-electron chi connectivity index (χ3n) is 4.86. The van der Waals surface area contributed by atoms with E-state index in [-0.39, 0.29) is 18.4 Å². The van der Waals surface area contributed by atoms with Gasteiger partial charge in [0.05, 0.1) is 12.6 Å². The third kappa shape index (κ3) is 3.33. The molecule has 27 heavy (non-hydrogen) atoms. The van der Waals surface area contributed by atoms with Crippen LogP contribution in [-0.2, 0) is 6.54 Å². The zero-order valence-electron chi connectivity index (χ0n) is 15.0. The Hall–Kier alpha value is -3.07. The molecule has 1 aliphatic heterocycles. The van der Waals surface area contributed by atoms with Crippen molar-refractivity contribution in [2.24, 2.45) is 0 Å². The Balaban J connectivity index is 1.65. The summed E-state index contributed by atoms with van der Waals surface area (Å²) in [6.45, 7) is 2.84. The molecule has 1 aromatic carbocycles. The summed E-state index contributed by atoms with van der Waals surface area (Å²) in [5, 5.41) is 23.7.